The molecule has 3 nitrogen and oxygen atoms in total. The van der Waals surface area contributed by atoms with Crippen molar-refractivity contribution in [1.82, 2.24) is 10.2 Å². The third-order valence-corrected chi connectivity index (χ3v) is 3.27. The van der Waals surface area contributed by atoms with Gasteiger partial charge in [-0.3, -0.25) is 4.79 Å². The second-order valence-electron chi connectivity index (χ2n) is 5.18. The van der Waals surface area contributed by atoms with Crippen LogP contribution in [0, 0.1) is 11.6 Å². The Morgan fingerprint density at radius 2 is 1.90 bits per heavy atom. The van der Waals surface area contributed by atoms with Crippen LogP contribution in [0.25, 0.3) is 0 Å². The Labute approximate surface area is 123 Å². The quantitative estimate of drug-likeness (QED) is 0.908. The summed E-state index contributed by atoms with van der Waals surface area (Å²) in [5, 5.41) is 3.33. The first-order valence-electron chi connectivity index (χ1n) is 6.43. The van der Waals surface area contributed by atoms with Gasteiger partial charge in [-0.2, -0.15) is 0 Å². The largest absolute Gasteiger partial charge is 0.339 e. The van der Waals surface area contributed by atoms with E-state index in [1.165, 1.54) is 12.1 Å². The molecule has 0 aromatic heterocycles. The van der Waals surface area contributed by atoms with Gasteiger partial charge in [0.25, 0.3) is 0 Å². The van der Waals surface area contributed by atoms with Gasteiger partial charge in [-0.25, -0.2) is 8.78 Å². The Bertz CT molecular complexity index is 474. The number of carbonyl (C=O) groups is 1. The number of hydrogen-bond acceptors (Lipinski definition) is 2. The van der Waals surface area contributed by atoms with Crippen LogP contribution in [0.3, 0.4) is 0 Å². The van der Waals surface area contributed by atoms with E-state index in [2.05, 4.69) is 5.32 Å². The van der Waals surface area contributed by atoms with Crippen LogP contribution in [0.4, 0.5) is 8.78 Å². The van der Waals surface area contributed by atoms with Gasteiger partial charge in [-0.1, -0.05) is 6.07 Å². The molecule has 1 heterocycles. The van der Waals surface area contributed by atoms with Crippen LogP contribution in [0.2, 0.25) is 0 Å². The molecule has 112 valence electrons. The van der Waals surface area contributed by atoms with Crippen LogP contribution in [-0.4, -0.2) is 36.0 Å². The zero-order chi connectivity index (χ0) is 14.0. The number of nitrogens with zero attached hydrogens (tertiary/aromatic N) is 1. The maximum Gasteiger partial charge on any atom is 0.227 e. The molecule has 6 heteroatoms. The highest BCUT2D eigenvalue weighted by Crippen LogP contribution is 2.13. The van der Waals surface area contributed by atoms with Crippen molar-refractivity contribution in [1.29, 1.82) is 0 Å². The molecule has 0 saturated carbocycles. The van der Waals surface area contributed by atoms with Crippen LogP contribution in [0.1, 0.15) is 19.4 Å². The van der Waals surface area contributed by atoms with Gasteiger partial charge in [0.05, 0.1) is 6.42 Å². The van der Waals surface area contributed by atoms with Crippen molar-refractivity contribution in [2.24, 2.45) is 0 Å². The van der Waals surface area contributed by atoms with Crippen molar-refractivity contribution in [2.45, 2.75) is 32.4 Å². The minimum absolute atomic E-state index is 0. The molecule has 2 rings (SSSR count). The Balaban J connectivity index is 0.00000200. The van der Waals surface area contributed by atoms with E-state index in [9.17, 15) is 13.6 Å². The number of rotatable bonds is 2. The SMILES string of the molecule is CC1CN(C(=O)Cc2ccc(F)cc2F)CC(C)N1.Cl. The lowest BCUT2D eigenvalue weighted by molar-refractivity contribution is -0.132. The average molecular weight is 305 g/mol. The van der Waals surface area contributed by atoms with E-state index in [4.69, 9.17) is 0 Å². The topological polar surface area (TPSA) is 32.3 Å². The van der Waals surface area contributed by atoms with Crippen LogP contribution >= 0.6 is 12.4 Å². The van der Waals surface area contributed by atoms with Crippen molar-refractivity contribution in [3.63, 3.8) is 0 Å². The van der Waals surface area contributed by atoms with Crippen LogP contribution in [0.15, 0.2) is 18.2 Å². The second kappa shape index (κ2) is 6.99. The molecule has 20 heavy (non-hydrogen) atoms. The van der Waals surface area contributed by atoms with Gasteiger partial charge in [-0.05, 0) is 25.5 Å². The van der Waals surface area contributed by atoms with Gasteiger partial charge in [0.2, 0.25) is 5.91 Å². The molecule has 0 radical (unpaired) electrons. The van der Waals surface area contributed by atoms with Gasteiger partial charge < -0.3 is 10.2 Å². The molecule has 1 amide bonds. The van der Waals surface area contributed by atoms with E-state index in [0.29, 0.717) is 13.1 Å². The van der Waals surface area contributed by atoms with Gasteiger partial charge in [0.1, 0.15) is 11.6 Å². The maximum absolute atomic E-state index is 13.5. The Hall–Kier alpha value is -1.20. The van der Waals surface area contributed by atoms with Gasteiger partial charge >= 0.3 is 0 Å². The number of benzene rings is 1. The smallest absolute Gasteiger partial charge is 0.227 e. The molecule has 1 aliphatic rings. The molecule has 1 aromatic rings. The monoisotopic (exact) mass is 304 g/mol. The zero-order valence-corrected chi connectivity index (χ0v) is 12.3. The molecular weight excluding hydrogens is 286 g/mol. The molecule has 1 aliphatic heterocycles. The Morgan fingerprint density at radius 3 is 2.45 bits per heavy atom. The van der Waals surface area contributed by atoms with Crippen molar-refractivity contribution in [3.05, 3.63) is 35.4 Å². The van der Waals surface area contributed by atoms with Gasteiger partial charge in [0, 0.05) is 31.2 Å². The Kier molecular flexibility index (Phi) is 5.89. The van der Waals surface area contributed by atoms with Crippen molar-refractivity contribution in [2.75, 3.05) is 13.1 Å². The number of amides is 1. The minimum atomic E-state index is -0.662. The minimum Gasteiger partial charge on any atom is -0.339 e. The molecule has 1 N–H and O–H groups in total. The van der Waals surface area contributed by atoms with E-state index in [-0.39, 0.29) is 42.4 Å². The van der Waals surface area contributed by atoms with E-state index >= 15 is 0 Å². The normalized spacial score (nSPS) is 22.3. The lowest BCUT2D eigenvalue weighted by Gasteiger charge is -2.36. The molecule has 0 spiro atoms. The number of carbonyl (C=O) groups excluding carboxylic acids is 1. The second-order valence-corrected chi connectivity index (χ2v) is 5.18. The highest BCUT2D eigenvalue weighted by Gasteiger charge is 2.25. The summed E-state index contributed by atoms with van der Waals surface area (Å²) in [5.74, 6) is -1.41. The molecule has 1 saturated heterocycles. The summed E-state index contributed by atoms with van der Waals surface area (Å²) in [4.78, 5) is 13.9. The zero-order valence-electron chi connectivity index (χ0n) is 11.5. The predicted molar refractivity (Wildman–Crippen MR) is 75.9 cm³/mol. The van der Waals surface area contributed by atoms with Crippen molar-refractivity contribution in [3.8, 4) is 0 Å². The summed E-state index contributed by atoms with van der Waals surface area (Å²) in [5.41, 5.74) is 0.241. The standard InChI is InChI=1S/C14H18F2N2O.ClH/c1-9-7-18(8-10(2)17-9)14(19)5-11-3-4-12(15)6-13(11)16;/h3-4,6,9-10,17H,5,7-8H2,1-2H3;1H. The van der Waals surface area contributed by atoms with Gasteiger partial charge in [0.15, 0.2) is 0 Å². The highest BCUT2D eigenvalue weighted by atomic mass is 35.5. The lowest BCUT2D eigenvalue weighted by Crippen LogP contribution is -2.56. The molecule has 0 bridgehead atoms. The molecule has 2 unspecified atom stereocenters. The van der Waals surface area contributed by atoms with E-state index < -0.39 is 11.6 Å². The average Bonchev–Trinajstić information content (AvgIpc) is 2.31. The van der Waals surface area contributed by atoms with E-state index in [0.717, 1.165) is 6.07 Å². The highest BCUT2D eigenvalue weighted by molar-refractivity contribution is 5.85. The van der Waals surface area contributed by atoms with Gasteiger partial charge in [-0.15, -0.1) is 12.4 Å². The summed E-state index contributed by atoms with van der Waals surface area (Å²) in [6.45, 7) is 5.25. The number of piperazine rings is 1. The Morgan fingerprint density at radius 1 is 1.30 bits per heavy atom. The third kappa shape index (κ3) is 4.15. The predicted octanol–water partition coefficient (Wildman–Crippen LogP) is 2.14. The third-order valence-electron chi connectivity index (χ3n) is 3.27. The van der Waals surface area contributed by atoms with Crippen molar-refractivity contribution < 1.29 is 13.6 Å². The van der Waals surface area contributed by atoms with Crippen molar-refractivity contribution >= 4 is 18.3 Å². The molecule has 0 aliphatic carbocycles. The molecule has 1 aromatic carbocycles. The summed E-state index contributed by atoms with van der Waals surface area (Å²) in [7, 11) is 0. The van der Waals surface area contributed by atoms with Crippen LogP contribution < -0.4 is 5.32 Å². The fourth-order valence-electron chi connectivity index (χ4n) is 2.47. The van der Waals surface area contributed by atoms with Crippen LogP contribution in [-0.2, 0) is 11.2 Å². The summed E-state index contributed by atoms with van der Waals surface area (Å²) in [6, 6.07) is 3.77. The first kappa shape index (κ1) is 16.9. The molecule has 1 fully saturated rings. The fraction of sp³-hybridized carbons (Fsp3) is 0.500. The van der Waals surface area contributed by atoms with Crippen LogP contribution in [0.5, 0.6) is 0 Å². The lowest BCUT2D eigenvalue weighted by atomic mass is 10.1. The number of halogens is 3. The fourth-order valence-corrected chi connectivity index (χ4v) is 2.47. The summed E-state index contributed by atoms with van der Waals surface area (Å²) < 4.78 is 26.3. The molecule has 2 atom stereocenters. The number of nitrogens with one attached hydrogen (secondary N) is 1. The molecular formula is C14H19ClF2N2O. The first-order valence-corrected chi connectivity index (χ1v) is 6.43. The maximum atomic E-state index is 13.5. The first-order chi connectivity index (χ1) is 8.95. The van der Waals surface area contributed by atoms with E-state index in [1.807, 2.05) is 13.8 Å². The summed E-state index contributed by atoms with van der Waals surface area (Å²) in [6.07, 6.45) is -0.0223. The number of hydrogen-bond donors (Lipinski definition) is 1. The summed E-state index contributed by atoms with van der Waals surface area (Å²) >= 11 is 0. The van der Waals surface area contributed by atoms with E-state index in [1.54, 1.807) is 4.90 Å².